The summed E-state index contributed by atoms with van der Waals surface area (Å²) >= 11 is 0. The molecule has 1 fully saturated rings. The van der Waals surface area contributed by atoms with Crippen molar-refractivity contribution in [2.45, 2.75) is 90.2 Å². The Bertz CT molecular complexity index is 253. The summed E-state index contributed by atoms with van der Waals surface area (Å²) in [5, 5.41) is 9.54. The second-order valence-corrected chi connectivity index (χ2v) is 5.99. The first-order chi connectivity index (χ1) is 9.15. The van der Waals surface area contributed by atoms with E-state index in [1.54, 1.807) is 0 Å². The van der Waals surface area contributed by atoms with Crippen molar-refractivity contribution in [2.24, 2.45) is 0 Å². The van der Waals surface area contributed by atoms with Crippen molar-refractivity contribution in [3.63, 3.8) is 0 Å². The Labute approximate surface area is 118 Å². The van der Waals surface area contributed by atoms with Crippen LogP contribution >= 0.6 is 0 Å². The quantitative estimate of drug-likeness (QED) is 0.685. The van der Waals surface area contributed by atoms with Crippen LogP contribution in [-0.2, 0) is 4.79 Å². The first-order valence-corrected chi connectivity index (χ1v) is 8.12. The average Bonchev–Trinajstić information content (AvgIpc) is 2.38. The van der Waals surface area contributed by atoms with Gasteiger partial charge in [-0.1, -0.05) is 32.6 Å². The zero-order valence-corrected chi connectivity index (χ0v) is 12.7. The minimum atomic E-state index is -0.303. The van der Waals surface area contributed by atoms with Gasteiger partial charge in [0.05, 0.1) is 6.10 Å². The molecule has 1 amide bonds. The highest BCUT2D eigenvalue weighted by Gasteiger charge is 2.26. The van der Waals surface area contributed by atoms with Crippen LogP contribution in [0.4, 0.5) is 0 Å². The second kappa shape index (κ2) is 9.35. The highest BCUT2D eigenvalue weighted by molar-refractivity contribution is 5.76. The lowest BCUT2D eigenvalue weighted by Gasteiger charge is -2.36. The van der Waals surface area contributed by atoms with Crippen molar-refractivity contribution in [1.82, 2.24) is 4.90 Å². The molecular formula is C16H31NO2. The second-order valence-electron chi connectivity index (χ2n) is 5.99. The molecule has 0 radical (unpaired) electrons. The van der Waals surface area contributed by atoms with Crippen molar-refractivity contribution in [2.75, 3.05) is 6.54 Å². The predicted octanol–water partition coefficient (Wildman–Crippen LogP) is 3.50. The molecule has 3 nitrogen and oxygen atoms in total. The summed E-state index contributed by atoms with van der Waals surface area (Å²) in [6, 6.07) is 0.275. The molecule has 19 heavy (non-hydrogen) atoms. The van der Waals surface area contributed by atoms with Crippen LogP contribution in [0, 0.1) is 0 Å². The van der Waals surface area contributed by atoms with Gasteiger partial charge in [0.15, 0.2) is 0 Å². The van der Waals surface area contributed by atoms with Gasteiger partial charge in [-0.05, 0) is 39.0 Å². The minimum absolute atomic E-state index is 0.275. The predicted molar refractivity (Wildman–Crippen MR) is 79.0 cm³/mol. The molecule has 0 aromatic rings. The first-order valence-electron chi connectivity index (χ1n) is 8.12. The van der Waals surface area contributed by atoms with E-state index in [0.29, 0.717) is 12.3 Å². The summed E-state index contributed by atoms with van der Waals surface area (Å²) in [5.74, 6) is 0.307. The third kappa shape index (κ3) is 6.42. The maximum absolute atomic E-state index is 12.3. The van der Waals surface area contributed by atoms with Crippen LogP contribution in [0.25, 0.3) is 0 Å². The molecule has 3 heteroatoms. The Hall–Kier alpha value is -0.570. The van der Waals surface area contributed by atoms with Crippen molar-refractivity contribution >= 4 is 5.91 Å². The van der Waals surface area contributed by atoms with E-state index in [-0.39, 0.29) is 12.1 Å². The molecular weight excluding hydrogens is 238 g/mol. The first kappa shape index (κ1) is 16.5. The van der Waals surface area contributed by atoms with Crippen LogP contribution in [0.2, 0.25) is 0 Å². The molecule has 2 atom stereocenters. The monoisotopic (exact) mass is 269 g/mol. The lowest BCUT2D eigenvalue weighted by atomic mass is 9.96. The summed E-state index contributed by atoms with van der Waals surface area (Å²) in [5.41, 5.74) is 0. The lowest BCUT2D eigenvalue weighted by molar-refractivity contribution is -0.135. The van der Waals surface area contributed by atoms with Gasteiger partial charge in [-0.3, -0.25) is 4.79 Å². The number of carbonyl (C=O) groups is 1. The Balaban J connectivity index is 2.30. The van der Waals surface area contributed by atoms with Gasteiger partial charge in [-0.15, -0.1) is 0 Å². The highest BCUT2D eigenvalue weighted by Crippen LogP contribution is 2.22. The topological polar surface area (TPSA) is 40.5 Å². The number of hydrogen-bond acceptors (Lipinski definition) is 2. The molecule has 0 aliphatic carbocycles. The molecule has 0 spiro atoms. The van der Waals surface area contributed by atoms with E-state index in [1.807, 2.05) is 11.8 Å². The summed E-state index contributed by atoms with van der Waals surface area (Å²) in [6.07, 6.45) is 10.5. The molecule has 1 heterocycles. The standard InChI is InChI=1S/C16H31NO2/c1-3-4-5-6-7-11-16(19)17-12-9-8-10-15(17)13-14(2)18/h14-15,18H,3-13H2,1-2H3. The van der Waals surface area contributed by atoms with Crippen LogP contribution in [0.5, 0.6) is 0 Å². The Morgan fingerprint density at radius 1 is 1.26 bits per heavy atom. The SMILES string of the molecule is CCCCCCCC(=O)N1CCCCC1CC(C)O. The fraction of sp³-hybridized carbons (Fsp3) is 0.938. The van der Waals surface area contributed by atoms with E-state index >= 15 is 0 Å². The van der Waals surface area contributed by atoms with Crippen molar-refractivity contribution < 1.29 is 9.90 Å². The van der Waals surface area contributed by atoms with Gasteiger partial charge in [0.25, 0.3) is 0 Å². The van der Waals surface area contributed by atoms with Crippen LogP contribution in [0.1, 0.15) is 78.1 Å². The van der Waals surface area contributed by atoms with Gasteiger partial charge < -0.3 is 10.0 Å². The number of unbranched alkanes of at least 4 members (excludes halogenated alkanes) is 4. The Morgan fingerprint density at radius 2 is 2.00 bits per heavy atom. The van der Waals surface area contributed by atoms with E-state index in [4.69, 9.17) is 0 Å². The molecule has 0 saturated carbocycles. The minimum Gasteiger partial charge on any atom is -0.393 e. The number of aliphatic hydroxyl groups excluding tert-OH is 1. The number of amides is 1. The van der Waals surface area contributed by atoms with E-state index in [9.17, 15) is 9.90 Å². The summed E-state index contributed by atoms with van der Waals surface area (Å²) in [7, 11) is 0. The lowest BCUT2D eigenvalue weighted by Crippen LogP contribution is -2.44. The molecule has 0 bridgehead atoms. The normalized spacial score (nSPS) is 21.4. The fourth-order valence-corrected chi connectivity index (χ4v) is 2.99. The van der Waals surface area contributed by atoms with Crippen LogP contribution in [0.15, 0.2) is 0 Å². The molecule has 1 N–H and O–H groups in total. The molecule has 2 unspecified atom stereocenters. The highest BCUT2D eigenvalue weighted by atomic mass is 16.3. The molecule has 1 aliphatic rings. The van der Waals surface area contributed by atoms with Crippen molar-refractivity contribution in [3.05, 3.63) is 0 Å². The zero-order valence-electron chi connectivity index (χ0n) is 12.7. The maximum atomic E-state index is 12.3. The number of rotatable bonds is 8. The molecule has 1 saturated heterocycles. The van der Waals surface area contributed by atoms with Gasteiger partial charge in [0.2, 0.25) is 5.91 Å². The maximum Gasteiger partial charge on any atom is 0.222 e. The van der Waals surface area contributed by atoms with Gasteiger partial charge in [-0.25, -0.2) is 0 Å². The molecule has 1 rings (SSSR count). The summed E-state index contributed by atoms with van der Waals surface area (Å²) < 4.78 is 0. The summed E-state index contributed by atoms with van der Waals surface area (Å²) in [6.45, 7) is 4.92. The largest absolute Gasteiger partial charge is 0.393 e. The van der Waals surface area contributed by atoms with E-state index in [0.717, 1.165) is 32.2 Å². The van der Waals surface area contributed by atoms with E-state index < -0.39 is 0 Å². The number of carbonyl (C=O) groups excluding carboxylic acids is 1. The zero-order chi connectivity index (χ0) is 14.1. The summed E-state index contributed by atoms with van der Waals surface area (Å²) in [4.78, 5) is 14.3. The number of likely N-dealkylation sites (tertiary alicyclic amines) is 1. The van der Waals surface area contributed by atoms with Gasteiger partial charge in [-0.2, -0.15) is 0 Å². The Morgan fingerprint density at radius 3 is 2.68 bits per heavy atom. The van der Waals surface area contributed by atoms with Gasteiger partial charge in [0.1, 0.15) is 0 Å². The van der Waals surface area contributed by atoms with E-state index in [2.05, 4.69) is 6.92 Å². The van der Waals surface area contributed by atoms with Gasteiger partial charge >= 0.3 is 0 Å². The number of hydrogen-bond donors (Lipinski definition) is 1. The smallest absolute Gasteiger partial charge is 0.222 e. The van der Waals surface area contributed by atoms with Crippen molar-refractivity contribution in [1.29, 1.82) is 0 Å². The number of piperidine rings is 1. The molecule has 0 aromatic carbocycles. The molecule has 0 aromatic heterocycles. The average molecular weight is 269 g/mol. The third-order valence-electron chi connectivity index (χ3n) is 4.05. The van der Waals surface area contributed by atoms with Crippen molar-refractivity contribution in [3.8, 4) is 0 Å². The Kier molecular flexibility index (Phi) is 8.11. The molecule has 112 valence electrons. The number of nitrogens with zero attached hydrogens (tertiary/aromatic N) is 1. The fourth-order valence-electron chi connectivity index (χ4n) is 2.99. The van der Waals surface area contributed by atoms with E-state index in [1.165, 1.54) is 32.1 Å². The van der Waals surface area contributed by atoms with Crippen LogP contribution in [-0.4, -0.2) is 34.6 Å². The van der Waals surface area contributed by atoms with Crippen LogP contribution in [0.3, 0.4) is 0 Å². The third-order valence-corrected chi connectivity index (χ3v) is 4.05. The van der Waals surface area contributed by atoms with Gasteiger partial charge in [0, 0.05) is 19.0 Å². The van der Waals surface area contributed by atoms with Crippen LogP contribution < -0.4 is 0 Å². The number of aliphatic hydroxyl groups is 1. The molecule has 1 aliphatic heterocycles.